The molecule has 6 nitrogen and oxygen atoms in total. The summed E-state index contributed by atoms with van der Waals surface area (Å²) < 4.78 is 5.86. The second kappa shape index (κ2) is 5.91. The molecule has 2 aromatic heterocycles. The minimum atomic E-state index is -0.0513. The van der Waals surface area contributed by atoms with Crippen molar-refractivity contribution in [3.8, 4) is 0 Å². The Balaban J connectivity index is 1.72. The summed E-state index contributed by atoms with van der Waals surface area (Å²) in [4.78, 5) is 11.4. The van der Waals surface area contributed by atoms with E-state index in [0.29, 0.717) is 6.61 Å². The Labute approximate surface area is 124 Å². The molecule has 1 aliphatic heterocycles. The summed E-state index contributed by atoms with van der Waals surface area (Å²) in [6.45, 7) is 9.36. The van der Waals surface area contributed by atoms with Crippen LogP contribution in [0.25, 0.3) is 0 Å². The Morgan fingerprint density at radius 3 is 2.71 bits per heavy atom. The number of aryl methyl sites for hydroxylation is 3. The Morgan fingerprint density at radius 2 is 2.05 bits per heavy atom. The monoisotopic (exact) mass is 287 g/mol. The van der Waals surface area contributed by atoms with E-state index < -0.39 is 0 Å². The molecule has 1 fully saturated rings. The molecule has 1 saturated heterocycles. The molecule has 0 bridgehead atoms. The molecule has 1 aliphatic rings. The number of hydrogen-bond donors (Lipinski definition) is 1. The average Bonchev–Trinajstić information content (AvgIpc) is 2.84. The lowest BCUT2D eigenvalue weighted by atomic mass is 10.2. The minimum absolute atomic E-state index is 0.0513. The van der Waals surface area contributed by atoms with E-state index in [1.165, 1.54) is 5.56 Å². The van der Waals surface area contributed by atoms with Crippen molar-refractivity contribution in [2.24, 2.45) is 0 Å². The number of morpholine rings is 1. The highest BCUT2D eigenvalue weighted by Gasteiger charge is 2.25. The fraction of sp³-hybridized carbons (Fsp3) is 0.533. The fourth-order valence-corrected chi connectivity index (χ4v) is 2.68. The quantitative estimate of drug-likeness (QED) is 0.930. The van der Waals surface area contributed by atoms with E-state index in [4.69, 9.17) is 4.74 Å². The Bertz CT molecular complexity index is 604. The number of hydrogen-bond acceptors (Lipinski definition) is 5. The van der Waals surface area contributed by atoms with Gasteiger partial charge in [-0.15, -0.1) is 0 Å². The van der Waals surface area contributed by atoms with Gasteiger partial charge in [0.25, 0.3) is 0 Å². The third-order valence-corrected chi connectivity index (χ3v) is 3.77. The number of nitrogens with zero attached hydrogens (tertiary/aromatic N) is 4. The lowest BCUT2D eigenvalue weighted by molar-refractivity contribution is -0.0374. The zero-order valence-electron chi connectivity index (χ0n) is 12.8. The molecule has 3 heterocycles. The number of ether oxygens (including phenoxy) is 1. The molecule has 0 spiro atoms. The summed E-state index contributed by atoms with van der Waals surface area (Å²) in [6.07, 6.45) is 1.84. The molecule has 0 unspecified atom stereocenters. The van der Waals surface area contributed by atoms with Crippen LogP contribution in [0.4, 0.5) is 0 Å². The van der Waals surface area contributed by atoms with Gasteiger partial charge in [-0.3, -0.25) is 10.00 Å². The molecule has 0 aromatic carbocycles. The minimum Gasteiger partial charge on any atom is -0.368 e. The number of aromatic nitrogens is 4. The molecular formula is C15H21N5O. The molecule has 6 heteroatoms. The van der Waals surface area contributed by atoms with Crippen molar-refractivity contribution in [2.75, 3.05) is 19.7 Å². The summed E-state index contributed by atoms with van der Waals surface area (Å²) in [6, 6.07) is 1.99. The molecule has 0 saturated carbocycles. The maximum absolute atomic E-state index is 5.86. The fourth-order valence-electron chi connectivity index (χ4n) is 2.68. The molecule has 0 amide bonds. The lowest BCUT2D eigenvalue weighted by Crippen LogP contribution is -2.38. The molecule has 0 aliphatic carbocycles. The van der Waals surface area contributed by atoms with Crippen LogP contribution in [0.1, 0.15) is 34.6 Å². The summed E-state index contributed by atoms with van der Waals surface area (Å²) in [7, 11) is 0. The van der Waals surface area contributed by atoms with Crippen molar-refractivity contribution < 1.29 is 4.74 Å². The standard InChI is InChI=1S/C15H21N5O/c1-10-6-11(2)18-15(17-10)14-9-20(4-5-21-14)8-13-7-16-19-12(13)3/h6-7,14H,4-5,8-9H2,1-3H3,(H,16,19)/t14-/m1/s1. The topological polar surface area (TPSA) is 66.9 Å². The summed E-state index contributed by atoms with van der Waals surface area (Å²) in [5, 5.41) is 7.06. The largest absolute Gasteiger partial charge is 0.368 e. The first-order chi connectivity index (χ1) is 10.1. The van der Waals surface area contributed by atoms with E-state index in [2.05, 4.69) is 25.1 Å². The number of H-pyrrole nitrogens is 1. The zero-order chi connectivity index (χ0) is 14.8. The van der Waals surface area contributed by atoms with Crippen LogP contribution in [-0.4, -0.2) is 44.8 Å². The van der Waals surface area contributed by atoms with E-state index in [1.807, 2.05) is 33.0 Å². The third-order valence-electron chi connectivity index (χ3n) is 3.77. The predicted octanol–water partition coefficient (Wildman–Crippen LogP) is 1.70. The predicted molar refractivity (Wildman–Crippen MR) is 78.8 cm³/mol. The van der Waals surface area contributed by atoms with Crippen molar-refractivity contribution in [3.05, 3.63) is 40.7 Å². The van der Waals surface area contributed by atoms with Crippen molar-refractivity contribution in [3.63, 3.8) is 0 Å². The van der Waals surface area contributed by atoms with Crippen LogP contribution in [-0.2, 0) is 11.3 Å². The first-order valence-corrected chi connectivity index (χ1v) is 7.27. The lowest BCUT2D eigenvalue weighted by Gasteiger charge is -2.32. The summed E-state index contributed by atoms with van der Waals surface area (Å²) in [5.74, 6) is 0.793. The van der Waals surface area contributed by atoms with E-state index in [9.17, 15) is 0 Å². The van der Waals surface area contributed by atoms with Gasteiger partial charge in [-0.2, -0.15) is 5.10 Å². The van der Waals surface area contributed by atoms with Crippen molar-refractivity contribution in [2.45, 2.75) is 33.4 Å². The maximum atomic E-state index is 5.86. The number of nitrogens with one attached hydrogen (secondary N) is 1. The van der Waals surface area contributed by atoms with E-state index in [0.717, 1.165) is 42.5 Å². The van der Waals surface area contributed by atoms with Crippen LogP contribution < -0.4 is 0 Å². The Hall–Kier alpha value is -1.79. The number of aromatic amines is 1. The van der Waals surface area contributed by atoms with Crippen molar-refractivity contribution in [1.29, 1.82) is 0 Å². The molecule has 0 radical (unpaired) electrons. The molecule has 1 atom stereocenters. The van der Waals surface area contributed by atoms with Gasteiger partial charge in [0.05, 0.1) is 12.8 Å². The van der Waals surface area contributed by atoms with Gasteiger partial charge in [-0.25, -0.2) is 9.97 Å². The van der Waals surface area contributed by atoms with Gasteiger partial charge in [-0.05, 0) is 26.8 Å². The van der Waals surface area contributed by atoms with Gasteiger partial charge in [0.2, 0.25) is 0 Å². The van der Waals surface area contributed by atoms with Crippen LogP contribution in [0.3, 0.4) is 0 Å². The smallest absolute Gasteiger partial charge is 0.158 e. The molecular weight excluding hydrogens is 266 g/mol. The summed E-state index contributed by atoms with van der Waals surface area (Å²) >= 11 is 0. The van der Waals surface area contributed by atoms with E-state index in [1.54, 1.807) is 0 Å². The van der Waals surface area contributed by atoms with Crippen LogP contribution in [0, 0.1) is 20.8 Å². The van der Waals surface area contributed by atoms with E-state index in [-0.39, 0.29) is 6.10 Å². The molecule has 2 aromatic rings. The molecule has 112 valence electrons. The normalized spacial score (nSPS) is 19.9. The van der Waals surface area contributed by atoms with E-state index >= 15 is 0 Å². The first kappa shape index (κ1) is 14.2. The van der Waals surface area contributed by atoms with Crippen LogP contribution in [0.5, 0.6) is 0 Å². The Morgan fingerprint density at radius 1 is 1.29 bits per heavy atom. The average molecular weight is 287 g/mol. The van der Waals surface area contributed by atoms with Gasteiger partial charge in [0.1, 0.15) is 6.10 Å². The molecule has 21 heavy (non-hydrogen) atoms. The second-order valence-electron chi connectivity index (χ2n) is 5.62. The van der Waals surface area contributed by atoms with Crippen molar-refractivity contribution >= 4 is 0 Å². The van der Waals surface area contributed by atoms with Gasteiger partial charge < -0.3 is 4.74 Å². The maximum Gasteiger partial charge on any atom is 0.158 e. The van der Waals surface area contributed by atoms with Crippen LogP contribution in [0.2, 0.25) is 0 Å². The SMILES string of the molecule is Cc1cc(C)nc([C@H]2CN(Cc3cn[nH]c3C)CCO2)n1. The summed E-state index contributed by atoms with van der Waals surface area (Å²) in [5.41, 5.74) is 4.34. The van der Waals surface area contributed by atoms with Gasteiger partial charge in [0.15, 0.2) is 5.82 Å². The zero-order valence-corrected chi connectivity index (χ0v) is 12.8. The van der Waals surface area contributed by atoms with Crippen LogP contribution in [0.15, 0.2) is 12.3 Å². The van der Waals surface area contributed by atoms with Gasteiger partial charge in [0, 0.05) is 42.3 Å². The highest BCUT2D eigenvalue weighted by molar-refractivity contribution is 5.14. The van der Waals surface area contributed by atoms with Crippen LogP contribution >= 0.6 is 0 Å². The first-order valence-electron chi connectivity index (χ1n) is 7.27. The second-order valence-corrected chi connectivity index (χ2v) is 5.62. The third kappa shape index (κ3) is 3.28. The Kier molecular flexibility index (Phi) is 3.98. The number of rotatable bonds is 3. The highest BCUT2D eigenvalue weighted by Crippen LogP contribution is 2.21. The molecule has 1 N–H and O–H groups in total. The highest BCUT2D eigenvalue weighted by atomic mass is 16.5. The van der Waals surface area contributed by atoms with Gasteiger partial charge >= 0.3 is 0 Å². The molecule has 3 rings (SSSR count). The van der Waals surface area contributed by atoms with Gasteiger partial charge in [-0.1, -0.05) is 0 Å². The van der Waals surface area contributed by atoms with Crippen molar-refractivity contribution in [1.82, 2.24) is 25.1 Å².